The van der Waals surface area contributed by atoms with Gasteiger partial charge in [-0.1, -0.05) is 57.2 Å². The summed E-state index contributed by atoms with van der Waals surface area (Å²) in [6.07, 6.45) is 0.228. The Labute approximate surface area is 161 Å². The predicted octanol–water partition coefficient (Wildman–Crippen LogP) is 2.93. The van der Waals surface area contributed by atoms with Gasteiger partial charge in [-0.2, -0.15) is 0 Å². The van der Waals surface area contributed by atoms with E-state index < -0.39 is 5.41 Å². The van der Waals surface area contributed by atoms with E-state index in [0.29, 0.717) is 13.1 Å². The molecule has 0 saturated heterocycles. The molecular weight excluding hydrogens is 350 g/mol. The predicted molar refractivity (Wildman–Crippen MR) is 108 cm³/mol. The first kappa shape index (κ1) is 21.9. The zero-order chi connectivity index (χ0) is 18.4. The van der Waals surface area contributed by atoms with Crippen LogP contribution < -0.4 is 16.4 Å². The van der Waals surface area contributed by atoms with Crippen LogP contribution in [0.3, 0.4) is 0 Å². The molecule has 2 aromatic carbocycles. The SMILES string of the molecule is CC(C)(C)C(=O)NCCC(=O)NC(CN)c1ccc2ccccc2c1.Cl. The van der Waals surface area contributed by atoms with Crippen molar-refractivity contribution < 1.29 is 9.59 Å². The van der Waals surface area contributed by atoms with Crippen molar-refractivity contribution in [1.82, 2.24) is 10.6 Å². The van der Waals surface area contributed by atoms with Crippen LogP contribution in [0.2, 0.25) is 0 Å². The summed E-state index contributed by atoms with van der Waals surface area (Å²) >= 11 is 0. The van der Waals surface area contributed by atoms with E-state index in [1.54, 1.807) is 0 Å². The maximum atomic E-state index is 12.2. The Morgan fingerprint density at radius 1 is 1.08 bits per heavy atom. The molecule has 5 nitrogen and oxygen atoms in total. The van der Waals surface area contributed by atoms with Crippen molar-refractivity contribution in [3.05, 3.63) is 48.0 Å². The van der Waals surface area contributed by atoms with Crippen LogP contribution in [0.1, 0.15) is 38.8 Å². The van der Waals surface area contributed by atoms with Crippen molar-refractivity contribution in [1.29, 1.82) is 0 Å². The van der Waals surface area contributed by atoms with Gasteiger partial charge >= 0.3 is 0 Å². The number of fused-ring (bicyclic) bond motifs is 1. The summed E-state index contributed by atoms with van der Waals surface area (Å²) in [5.74, 6) is -0.192. The van der Waals surface area contributed by atoms with Gasteiger partial charge in [-0.15, -0.1) is 12.4 Å². The molecule has 2 rings (SSSR count). The van der Waals surface area contributed by atoms with E-state index in [1.807, 2.05) is 57.2 Å². The number of hydrogen-bond acceptors (Lipinski definition) is 3. The van der Waals surface area contributed by atoms with Gasteiger partial charge in [0.2, 0.25) is 11.8 Å². The summed E-state index contributed by atoms with van der Waals surface area (Å²) in [7, 11) is 0. The van der Waals surface area contributed by atoms with E-state index in [4.69, 9.17) is 5.73 Å². The van der Waals surface area contributed by atoms with Crippen LogP contribution in [0.15, 0.2) is 42.5 Å². The second kappa shape index (κ2) is 9.55. The molecule has 0 aliphatic carbocycles. The molecule has 26 heavy (non-hydrogen) atoms. The standard InChI is InChI=1S/C20H27N3O2.ClH/c1-20(2,3)19(25)22-11-10-18(24)23-17(13-21)16-9-8-14-6-4-5-7-15(14)12-16;/h4-9,12,17H,10-11,13,21H2,1-3H3,(H,22,25)(H,23,24);1H. The normalized spacial score (nSPS) is 12.2. The molecule has 0 saturated carbocycles. The van der Waals surface area contributed by atoms with Crippen LogP contribution in [-0.4, -0.2) is 24.9 Å². The minimum absolute atomic E-state index is 0. The first-order valence-electron chi connectivity index (χ1n) is 8.57. The highest BCUT2D eigenvalue weighted by Crippen LogP contribution is 2.20. The first-order chi connectivity index (χ1) is 11.8. The smallest absolute Gasteiger partial charge is 0.225 e. The van der Waals surface area contributed by atoms with E-state index in [0.717, 1.165) is 16.3 Å². The highest BCUT2D eigenvalue weighted by molar-refractivity contribution is 5.85. The summed E-state index contributed by atoms with van der Waals surface area (Å²) in [5, 5.41) is 7.99. The molecular formula is C20H28ClN3O2. The summed E-state index contributed by atoms with van der Waals surface area (Å²) in [4.78, 5) is 24.0. The molecule has 1 atom stereocenters. The maximum absolute atomic E-state index is 12.2. The van der Waals surface area contributed by atoms with Gasteiger partial charge in [-0.05, 0) is 22.4 Å². The number of halogens is 1. The van der Waals surface area contributed by atoms with Crippen LogP contribution in [0, 0.1) is 5.41 Å². The first-order valence-corrected chi connectivity index (χ1v) is 8.57. The zero-order valence-electron chi connectivity index (χ0n) is 15.5. The van der Waals surface area contributed by atoms with Gasteiger partial charge < -0.3 is 16.4 Å². The van der Waals surface area contributed by atoms with E-state index in [1.165, 1.54) is 0 Å². The average molecular weight is 378 g/mol. The fourth-order valence-corrected chi connectivity index (χ4v) is 2.52. The molecule has 0 radical (unpaired) electrons. The Balaban J connectivity index is 0.00000338. The number of carbonyl (C=O) groups excluding carboxylic acids is 2. The van der Waals surface area contributed by atoms with Crippen LogP contribution in [-0.2, 0) is 9.59 Å². The minimum atomic E-state index is -0.457. The number of rotatable bonds is 6. The number of amides is 2. The highest BCUT2D eigenvalue weighted by Gasteiger charge is 2.21. The van der Waals surface area contributed by atoms with Crippen molar-refractivity contribution in [2.75, 3.05) is 13.1 Å². The van der Waals surface area contributed by atoms with Gasteiger partial charge in [0.1, 0.15) is 0 Å². The lowest BCUT2D eigenvalue weighted by Gasteiger charge is -2.19. The van der Waals surface area contributed by atoms with E-state index >= 15 is 0 Å². The molecule has 4 N–H and O–H groups in total. The Morgan fingerprint density at radius 3 is 2.35 bits per heavy atom. The third-order valence-electron chi connectivity index (χ3n) is 4.07. The van der Waals surface area contributed by atoms with E-state index in [9.17, 15) is 9.59 Å². The number of benzene rings is 2. The van der Waals surface area contributed by atoms with Gasteiger partial charge in [0.05, 0.1) is 6.04 Å². The Hall–Kier alpha value is -2.11. The van der Waals surface area contributed by atoms with Gasteiger partial charge in [-0.3, -0.25) is 9.59 Å². The number of carbonyl (C=O) groups is 2. The molecule has 0 spiro atoms. The third-order valence-corrected chi connectivity index (χ3v) is 4.07. The van der Waals surface area contributed by atoms with Crippen LogP contribution in [0.25, 0.3) is 10.8 Å². The Bertz CT molecular complexity index is 756. The highest BCUT2D eigenvalue weighted by atomic mass is 35.5. The molecule has 0 aliphatic rings. The second-order valence-electron chi connectivity index (χ2n) is 7.22. The second-order valence-corrected chi connectivity index (χ2v) is 7.22. The number of hydrogen-bond donors (Lipinski definition) is 3. The largest absolute Gasteiger partial charge is 0.355 e. The van der Waals surface area contributed by atoms with Gasteiger partial charge in [-0.25, -0.2) is 0 Å². The van der Waals surface area contributed by atoms with E-state index in [2.05, 4.69) is 16.7 Å². The molecule has 0 bridgehead atoms. The van der Waals surface area contributed by atoms with Crippen molar-refractivity contribution in [3.8, 4) is 0 Å². The minimum Gasteiger partial charge on any atom is -0.355 e. The fourth-order valence-electron chi connectivity index (χ4n) is 2.52. The zero-order valence-corrected chi connectivity index (χ0v) is 16.4. The Morgan fingerprint density at radius 2 is 1.73 bits per heavy atom. The summed E-state index contributed by atoms with van der Waals surface area (Å²) < 4.78 is 0. The molecule has 2 amide bonds. The number of nitrogens with one attached hydrogen (secondary N) is 2. The third kappa shape index (κ3) is 6.00. The van der Waals surface area contributed by atoms with Crippen molar-refractivity contribution >= 4 is 35.0 Å². The molecule has 0 aliphatic heterocycles. The molecule has 0 fully saturated rings. The van der Waals surface area contributed by atoms with Crippen LogP contribution in [0.5, 0.6) is 0 Å². The molecule has 6 heteroatoms. The molecule has 2 aromatic rings. The molecule has 142 valence electrons. The monoisotopic (exact) mass is 377 g/mol. The lowest BCUT2D eigenvalue weighted by Crippen LogP contribution is -2.39. The molecule has 0 aromatic heterocycles. The van der Waals surface area contributed by atoms with Crippen molar-refractivity contribution in [3.63, 3.8) is 0 Å². The van der Waals surface area contributed by atoms with Crippen molar-refractivity contribution in [2.24, 2.45) is 11.1 Å². The van der Waals surface area contributed by atoms with Crippen LogP contribution in [0.4, 0.5) is 0 Å². The summed E-state index contributed by atoms with van der Waals surface area (Å²) in [5.41, 5.74) is 6.37. The fraction of sp³-hybridized carbons (Fsp3) is 0.400. The average Bonchev–Trinajstić information content (AvgIpc) is 2.58. The molecule has 0 heterocycles. The van der Waals surface area contributed by atoms with Gasteiger partial charge in [0.25, 0.3) is 0 Å². The van der Waals surface area contributed by atoms with Gasteiger partial charge in [0.15, 0.2) is 0 Å². The quantitative estimate of drug-likeness (QED) is 0.723. The van der Waals surface area contributed by atoms with Gasteiger partial charge in [0, 0.05) is 24.9 Å². The maximum Gasteiger partial charge on any atom is 0.225 e. The molecule has 1 unspecified atom stereocenters. The lowest BCUT2D eigenvalue weighted by molar-refractivity contribution is -0.128. The Kier molecular flexibility index (Phi) is 8.06. The number of nitrogens with two attached hydrogens (primary N) is 1. The lowest BCUT2D eigenvalue weighted by atomic mass is 9.96. The topological polar surface area (TPSA) is 84.2 Å². The van der Waals surface area contributed by atoms with Crippen LogP contribution >= 0.6 is 12.4 Å². The van der Waals surface area contributed by atoms with E-state index in [-0.39, 0.29) is 36.7 Å². The summed E-state index contributed by atoms with van der Waals surface area (Å²) in [6, 6.07) is 13.9. The van der Waals surface area contributed by atoms with Crippen molar-refractivity contribution in [2.45, 2.75) is 33.2 Å². The summed E-state index contributed by atoms with van der Waals surface area (Å²) in [6.45, 7) is 6.15.